The number of amides is 2. The highest BCUT2D eigenvalue weighted by Gasteiger charge is 2.26. The van der Waals surface area contributed by atoms with Crippen molar-refractivity contribution in [1.29, 1.82) is 0 Å². The lowest BCUT2D eigenvalue weighted by molar-refractivity contribution is -0.124. The molecule has 146 valence electrons. The molecule has 0 saturated carbocycles. The third kappa shape index (κ3) is 6.13. The van der Waals surface area contributed by atoms with Gasteiger partial charge in [0, 0.05) is 0 Å². The Kier molecular flexibility index (Phi) is 8.75. The van der Waals surface area contributed by atoms with E-state index < -0.39 is 12.1 Å². The number of rotatable bonds is 9. The summed E-state index contributed by atoms with van der Waals surface area (Å²) in [5.41, 5.74) is 0.872. The van der Waals surface area contributed by atoms with Gasteiger partial charge >= 0.3 is 6.09 Å². The van der Waals surface area contributed by atoms with Crippen molar-refractivity contribution in [3.63, 3.8) is 0 Å². The standard InChI is InChI=1S/C19H30N2O5/c1-7-25-15-10-9-14(11-16(15)24-6)13(5)20-18(22)17(12(3)4)21-19(23)26-8-2/h9-13,17H,7-8H2,1-6H3,(H,20,22)(H,21,23). The molecule has 7 heteroatoms. The molecule has 2 N–H and O–H groups in total. The lowest BCUT2D eigenvalue weighted by atomic mass is 10.0. The highest BCUT2D eigenvalue weighted by molar-refractivity contribution is 5.86. The fourth-order valence-electron chi connectivity index (χ4n) is 2.45. The number of hydrogen-bond acceptors (Lipinski definition) is 5. The highest BCUT2D eigenvalue weighted by Crippen LogP contribution is 2.30. The second-order valence-electron chi connectivity index (χ2n) is 6.16. The maximum absolute atomic E-state index is 12.6. The van der Waals surface area contributed by atoms with Crippen molar-refractivity contribution >= 4 is 12.0 Å². The van der Waals surface area contributed by atoms with Gasteiger partial charge in [-0.3, -0.25) is 4.79 Å². The van der Waals surface area contributed by atoms with E-state index in [1.165, 1.54) is 0 Å². The summed E-state index contributed by atoms with van der Waals surface area (Å²) in [5.74, 6) is 0.909. The molecular weight excluding hydrogens is 336 g/mol. The summed E-state index contributed by atoms with van der Waals surface area (Å²) < 4.78 is 15.7. The first-order valence-corrected chi connectivity index (χ1v) is 8.88. The average Bonchev–Trinajstić information content (AvgIpc) is 2.60. The van der Waals surface area contributed by atoms with Crippen molar-refractivity contribution in [2.24, 2.45) is 5.92 Å². The van der Waals surface area contributed by atoms with E-state index >= 15 is 0 Å². The molecule has 2 unspecified atom stereocenters. The van der Waals surface area contributed by atoms with E-state index in [0.717, 1.165) is 5.56 Å². The molecule has 0 aliphatic rings. The summed E-state index contributed by atoms with van der Waals surface area (Å²) in [7, 11) is 1.57. The molecule has 0 spiro atoms. The molecule has 2 amide bonds. The van der Waals surface area contributed by atoms with E-state index in [0.29, 0.717) is 18.1 Å². The van der Waals surface area contributed by atoms with E-state index in [1.54, 1.807) is 14.0 Å². The average molecular weight is 366 g/mol. The first-order valence-electron chi connectivity index (χ1n) is 8.88. The molecule has 2 atom stereocenters. The number of ether oxygens (including phenoxy) is 3. The van der Waals surface area contributed by atoms with E-state index in [9.17, 15) is 9.59 Å². The topological polar surface area (TPSA) is 85.9 Å². The summed E-state index contributed by atoms with van der Waals surface area (Å²) in [4.78, 5) is 24.3. The Morgan fingerprint density at radius 2 is 1.73 bits per heavy atom. The van der Waals surface area contributed by atoms with Crippen LogP contribution >= 0.6 is 0 Å². The lowest BCUT2D eigenvalue weighted by Gasteiger charge is -2.24. The van der Waals surface area contributed by atoms with Crippen LogP contribution in [0.25, 0.3) is 0 Å². The third-order valence-corrected chi connectivity index (χ3v) is 3.84. The molecule has 1 aromatic carbocycles. The van der Waals surface area contributed by atoms with E-state index in [2.05, 4.69) is 10.6 Å². The molecule has 0 saturated heterocycles. The zero-order valence-corrected chi connectivity index (χ0v) is 16.4. The van der Waals surface area contributed by atoms with E-state index in [1.807, 2.05) is 45.9 Å². The normalized spacial score (nSPS) is 12.9. The minimum Gasteiger partial charge on any atom is -0.493 e. The Balaban J connectivity index is 2.85. The van der Waals surface area contributed by atoms with Gasteiger partial charge in [0.1, 0.15) is 6.04 Å². The van der Waals surface area contributed by atoms with Gasteiger partial charge in [0.15, 0.2) is 11.5 Å². The molecule has 0 fully saturated rings. The SMILES string of the molecule is CCOC(=O)NC(C(=O)NC(C)c1ccc(OCC)c(OC)c1)C(C)C. The van der Waals surface area contributed by atoms with Crippen molar-refractivity contribution in [3.05, 3.63) is 23.8 Å². The Bertz CT molecular complexity index is 604. The largest absolute Gasteiger partial charge is 0.493 e. The van der Waals surface area contributed by atoms with Crippen LogP contribution in [0.5, 0.6) is 11.5 Å². The number of alkyl carbamates (subject to hydrolysis) is 1. The molecule has 0 radical (unpaired) electrons. The van der Waals surface area contributed by atoms with Gasteiger partial charge in [-0.25, -0.2) is 4.79 Å². The summed E-state index contributed by atoms with van der Waals surface area (Å²) in [5, 5.41) is 5.53. The van der Waals surface area contributed by atoms with Crippen molar-refractivity contribution in [2.45, 2.75) is 46.7 Å². The summed E-state index contributed by atoms with van der Waals surface area (Å²) in [6.07, 6.45) is -0.600. The monoisotopic (exact) mass is 366 g/mol. The fraction of sp³-hybridized carbons (Fsp3) is 0.579. The minimum atomic E-state index is -0.680. The molecule has 1 rings (SSSR count). The lowest BCUT2D eigenvalue weighted by Crippen LogP contribution is -2.50. The summed E-state index contributed by atoms with van der Waals surface area (Å²) >= 11 is 0. The van der Waals surface area contributed by atoms with Crippen molar-refractivity contribution in [1.82, 2.24) is 10.6 Å². The summed E-state index contributed by atoms with van der Waals surface area (Å²) in [6, 6.07) is 4.58. The molecule has 26 heavy (non-hydrogen) atoms. The first-order chi connectivity index (χ1) is 12.3. The number of carbonyl (C=O) groups excluding carboxylic acids is 2. The van der Waals surface area contributed by atoms with E-state index in [4.69, 9.17) is 14.2 Å². The maximum atomic E-state index is 12.6. The van der Waals surface area contributed by atoms with E-state index in [-0.39, 0.29) is 24.5 Å². The van der Waals surface area contributed by atoms with Crippen LogP contribution < -0.4 is 20.1 Å². The van der Waals surface area contributed by atoms with Crippen LogP contribution in [0.15, 0.2) is 18.2 Å². The molecular formula is C19H30N2O5. The Labute approximate surface area is 155 Å². The van der Waals surface area contributed by atoms with Gasteiger partial charge in [0.05, 0.1) is 26.4 Å². The molecule has 0 aliphatic heterocycles. The molecule has 1 aromatic rings. The highest BCUT2D eigenvalue weighted by atomic mass is 16.5. The molecule has 0 aliphatic carbocycles. The quantitative estimate of drug-likeness (QED) is 0.701. The van der Waals surface area contributed by atoms with Gasteiger partial charge in [0.2, 0.25) is 5.91 Å². The van der Waals surface area contributed by atoms with Gasteiger partial charge in [0.25, 0.3) is 0 Å². The minimum absolute atomic E-state index is 0.0820. The number of nitrogens with one attached hydrogen (secondary N) is 2. The predicted molar refractivity (Wildman–Crippen MR) is 99.5 cm³/mol. The van der Waals surface area contributed by atoms with Crippen LogP contribution in [-0.4, -0.2) is 38.4 Å². The van der Waals surface area contributed by atoms with Crippen LogP contribution in [0, 0.1) is 5.92 Å². The van der Waals surface area contributed by atoms with Crippen molar-refractivity contribution < 1.29 is 23.8 Å². The summed E-state index contributed by atoms with van der Waals surface area (Å²) in [6.45, 7) is 10.00. The zero-order valence-electron chi connectivity index (χ0n) is 16.4. The molecule has 0 heterocycles. The number of methoxy groups -OCH3 is 1. The van der Waals surface area contributed by atoms with Gasteiger partial charge in [-0.1, -0.05) is 19.9 Å². The maximum Gasteiger partial charge on any atom is 0.407 e. The van der Waals surface area contributed by atoms with Gasteiger partial charge < -0.3 is 24.8 Å². The van der Waals surface area contributed by atoms with Crippen LogP contribution in [0.2, 0.25) is 0 Å². The molecule has 7 nitrogen and oxygen atoms in total. The zero-order chi connectivity index (χ0) is 19.7. The van der Waals surface area contributed by atoms with Gasteiger partial charge in [-0.2, -0.15) is 0 Å². The second kappa shape index (κ2) is 10.5. The van der Waals surface area contributed by atoms with Crippen molar-refractivity contribution in [3.8, 4) is 11.5 Å². The number of carbonyl (C=O) groups is 2. The molecule has 0 aromatic heterocycles. The Morgan fingerprint density at radius 3 is 2.27 bits per heavy atom. The van der Waals surface area contributed by atoms with Crippen LogP contribution in [-0.2, 0) is 9.53 Å². The smallest absolute Gasteiger partial charge is 0.407 e. The Morgan fingerprint density at radius 1 is 1.04 bits per heavy atom. The predicted octanol–water partition coefficient (Wildman–Crippen LogP) is 3.04. The molecule has 0 bridgehead atoms. The van der Waals surface area contributed by atoms with Gasteiger partial charge in [-0.15, -0.1) is 0 Å². The van der Waals surface area contributed by atoms with Crippen LogP contribution in [0.4, 0.5) is 4.79 Å². The Hall–Kier alpha value is -2.44. The third-order valence-electron chi connectivity index (χ3n) is 3.84. The number of hydrogen-bond donors (Lipinski definition) is 2. The van der Waals surface area contributed by atoms with Gasteiger partial charge in [-0.05, 0) is 44.4 Å². The van der Waals surface area contributed by atoms with Crippen LogP contribution in [0.3, 0.4) is 0 Å². The van der Waals surface area contributed by atoms with Crippen molar-refractivity contribution in [2.75, 3.05) is 20.3 Å². The second-order valence-corrected chi connectivity index (χ2v) is 6.16. The fourth-order valence-corrected chi connectivity index (χ4v) is 2.45. The number of benzene rings is 1. The first kappa shape index (κ1) is 21.6. The van der Waals surface area contributed by atoms with Crippen LogP contribution in [0.1, 0.15) is 46.2 Å².